The van der Waals surface area contributed by atoms with E-state index in [9.17, 15) is 10.0 Å². The fourth-order valence-electron chi connectivity index (χ4n) is 6.20. The average Bonchev–Trinajstić information content (AvgIpc) is 3.25. The van der Waals surface area contributed by atoms with E-state index < -0.39 is 14.2 Å². The normalized spacial score (nSPS) is 10.4. The standard InChI is InChI=1S/C16H13BO2.C16H11Br.C10H9BO2.C6H4BrI/c18-17(19)16-8-4-3-7-15(16)14-10-9-12-5-1-2-6-13(12)11-14;17-16-8-4-3-7-15(16)14-10-9-12-5-1-2-6-13(12)11-14;12-11(13)10-6-5-8-3-1-2-4-9(8)7-10;7-5-3-1-2-4-6(5)8/h1-11,18-19H;1-11H;1-7,12-13H;1-4H. The Balaban J connectivity index is 0.000000134. The van der Waals surface area contributed by atoms with Crippen molar-refractivity contribution in [3.05, 3.63) is 213 Å². The molecule has 0 spiro atoms. The highest BCUT2D eigenvalue weighted by Gasteiger charge is 2.16. The molecule has 0 unspecified atom stereocenters. The van der Waals surface area contributed by atoms with Gasteiger partial charge in [0.2, 0.25) is 0 Å². The first-order valence-corrected chi connectivity index (χ1v) is 20.8. The third kappa shape index (κ3) is 11.5. The van der Waals surface area contributed by atoms with Gasteiger partial charge in [-0.2, -0.15) is 0 Å². The van der Waals surface area contributed by atoms with Crippen molar-refractivity contribution in [2.45, 2.75) is 0 Å². The highest BCUT2D eigenvalue weighted by Crippen LogP contribution is 2.30. The summed E-state index contributed by atoms with van der Waals surface area (Å²) < 4.78 is 3.56. The molecule has 0 saturated carbocycles. The van der Waals surface area contributed by atoms with E-state index in [1.807, 2.05) is 91.0 Å². The lowest BCUT2D eigenvalue weighted by molar-refractivity contribution is 0.424. The summed E-state index contributed by atoms with van der Waals surface area (Å²) in [5, 5.41) is 43.7. The van der Waals surface area contributed by atoms with Crippen molar-refractivity contribution in [1.29, 1.82) is 0 Å². The van der Waals surface area contributed by atoms with Gasteiger partial charge in [-0.1, -0.05) is 186 Å². The maximum Gasteiger partial charge on any atom is 0.489 e. The molecule has 0 aliphatic carbocycles. The molecule has 0 aromatic heterocycles. The quantitative estimate of drug-likeness (QED) is 0.105. The summed E-state index contributed by atoms with van der Waals surface area (Å²) in [6.45, 7) is 0. The Morgan fingerprint density at radius 1 is 0.351 bits per heavy atom. The highest BCUT2D eigenvalue weighted by atomic mass is 127. The molecule has 9 aromatic carbocycles. The van der Waals surface area contributed by atoms with Gasteiger partial charge in [0, 0.05) is 12.5 Å². The lowest BCUT2D eigenvalue weighted by Crippen LogP contribution is -2.31. The minimum absolute atomic E-state index is 0.526. The molecule has 280 valence electrons. The Morgan fingerprint density at radius 3 is 1.23 bits per heavy atom. The van der Waals surface area contributed by atoms with E-state index in [-0.39, 0.29) is 0 Å². The maximum atomic E-state index is 9.43. The first-order valence-electron chi connectivity index (χ1n) is 18.1. The van der Waals surface area contributed by atoms with Crippen LogP contribution in [0.1, 0.15) is 0 Å². The summed E-state index contributed by atoms with van der Waals surface area (Å²) in [6, 6.07) is 66.2. The monoisotopic (exact) mass is 984 g/mol. The van der Waals surface area contributed by atoms with E-state index >= 15 is 0 Å². The largest absolute Gasteiger partial charge is 0.489 e. The zero-order valence-electron chi connectivity index (χ0n) is 30.6. The molecule has 9 rings (SSSR count). The van der Waals surface area contributed by atoms with E-state index in [0.717, 1.165) is 31.8 Å². The molecule has 0 fully saturated rings. The van der Waals surface area contributed by atoms with E-state index in [4.69, 9.17) is 10.0 Å². The predicted octanol–water partition coefficient (Wildman–Crippen LogP) is 11.0. The van der Waals surface area contributed by atoms with Gasteiger partial charge in [-0.05, 0) is 134 Å². The Hall–Kier alpha value is -4.58. The van der Waals surface area contributed by atoms with Crippen molar-refractivity contribution in [2.24, 2.45) is 0 Å². The van der Waals surface area contributed by atoms with E-state index in [1.54, 1.807) is 24.3 Å². The third-order valence-corrected chi connectivity index (χ3v) is 12.2. The summed E-state index contributed by atoms with van der Waals surface area (Å²) in [5.74, 6) is 0. The zero-order valence-corrected chi connectivity index (χ0v) is 36.0. The summed E-state index contributed by atoms with van der Waals surface area (Å²) >= 11 is 9.26. The number of halogens is 3. The van der Waals surface area contributed by atoms with E-state index in [0.29, 0.717) is 10.9 Å². The minimum atomic E-state index is -1.46. The zero-order chi connectivity index (χ0) is 40.1. The predicted molar refractivity (Wildman–Crippen MR) is 257 cm³/mol. The topological polar surface area (TPSA) is 80.9 Å². The summed E-state index contributed by atoms with van der Waals surface area (Å²) in [4.78, 5) is 0. The smallest absolute Gasteiger partial charge is 0.423 e. The van der Waals surface area contributed by atoms with Crippen LogP contribution in [0.25, 0.3) is 54.6 Å². The second-order valence-corrected chi connectivity index (χ2v) is 15.8. The minimum Gasteiger partial charge on any atom is -0.423 e. The van der Waals surface area contributed by atoms with Crippen LogP contribution >= 0.6 is 54.5 Å². The summed E-state index contributed by atoms with van der Waals surface area (Å²) in [7, 11) is -2.84. The van der Waals surface area contributed by atoms with Crippen LogP contribution in [-0.2, 0) is 0 Å². The number of rotatable bonds is 4. The van der Waals surface area contributed by atoms with Gasteiger partial charge < -0.3 is 20.1 Å². The average molecular weight is 986 g/mol. The Morgan fingerprint density at radius 2 is 0.754 bits per heavy atom. The Kier molecular flexibility index (Phi) is 15.3. The second kappa shape index (κ2) is 20.7. The van der Waals surface area contributed by atoms with Crippen molar-refractivity contribution in [2.75, 3.05) is 0 Å². The van der Waals surface area contributed by atoms with Gasteiger partial charge in [0.1, 0.15) is 0 Å². The van der Waals surface area contributed by atoms with Gasteiger partial charge in [0.15, 0.2) is 0 Å². The number of hydrogen-bond donors (Lipinski definition) is 4. The van der Waals surface area contributed by atoms with Crippen LogP contribution in [0.15, 0.2) is 209 Å². The van der Waals surface area contributed by atoms with Gasteiger partial charge in [0.25, 0.3) is 0 Å². The summed E-state index contributed by atoms with van der Waals surface area (Å²) in [6.07, 6.45) is 0. The van der Waals surface area contributed by atoms with Crippen LogP contribution in [0.2, 0.25) is 0 Å². The molecule has 0 saturated heterocycles. The van der Waals surface area contributed by atoms with Gasteiger partial charge in [-0.15, -0.1) is 0 Å². The molecule has 0 aliphatic rings. The first kappa shape index (κ1) is 42.0. The Labute approximate surface area is 364 Å². The lowest BCUT2D eigenvalue weighted by atomic mass is 9.75. The van der Waals surface area contributed by atoms with Crippen LogP contribution in [0, 0.1) is 3.57 Å². The fraction of sp³-hybridized carbons (Fsp3) is 0. The van der Waals surface area contributed by atoms with Crippen molar-refractivity contribution >= 4 is 112 Å². The van der Waals surface area contributed by atoms with Crippen molar-refractivity contribution in [1.82, 2.24) is 0 Å². The molecule has 0 atom stereocenters. The molecule has 0 bridgehead atoms. The van der Waals surface area contributed by atoms with Crippen molar-refractivity contribution in [3.8, 4) is 22.3 Å². The number of fused-ring (bicyclic) bond motifs is 3. The molecule has 0 aliphatic heterocycles. The molecule has 9 heteroatoms. The van der Waals surface area contributed by atoms with Gasteiger partial charge in [-0.3, -0.25) is 0 Å². The van der Waals surface area contributed by atoms with Crippen molar-refractivity contribution < 1.29 is 20.1 Å². The third-order valence-electron chi connectivity index (χ3n) is 9.13. The molecule has 4 N–H and O–H groups in total. The molecule has 9 aromatic rings. The van der Waals surface area contributed by atoms with Gasteiger partial charge in [-0.25, -0.2) is 0 Å². The van der Waals surface area contributed by atoms with Crippen LogP contribution in [0.3, 0.4) is 0 Å². The Bertz CT molecular complexity index is 2710. The van der Waals surface area contributed by atoms with Crippen LogP contribution in [0.4, 0.5) is 0 Å². The fourth-order valence-corrected chi connectivity index (χ4v) is 7.39. The van der Waals surface area contributed by atoms with E-state index in [2.05, 4.69) is 139 Å². The van der Waals surface area contributed by atoms with E-state index in [1.165, 1.54) is 35.3 Å². The van der Waals surface area contributed by atoms with Crippen molar-refractivity contribution in [3.63, 3.8) is 0 Å². The van der Waals surface area contributed by atoms with Gasteiger partial charge in [0.05, 0.1) is 0 Å². The SMILES string of the molecule is Brc1ccccc1-c1ccc2ccccc2c1.Brc1ccccc1I.OB(O)c1ccc2ccccc2c1.OB(O)c1ccccc1-c1ccc2ccccc2c1. The number of hydrogen-bond acceptors (Lipinski definition) is 4. The molecule has 4 nitrogen and oxygen atoms in total. The molecular formula is C48H37B2Br2IO4. The van der Waals surface area contributed by atoms with Crippen LogP contribution in [0.5, 0.6) is 0 Å². The van der Waals surface area contributed by atoms with Crippen LogP contribution < -0.4 is 10.9 Å². The second-order valence-electron chi connectivity index (χ2n) is 13.0. The molecular weight excluding hydrogens is 949 g/mol. The summed E-state index contributed by atoms with van der Waals surface area (Å²) in [5.41, 5.74) is 5.37. The maximum absolute atomic E-state index is 9.43. The molecule has 0 heterocycles. The highest BCUT2D eigenvalue weighted by molar-refractivity contribution is 14.1. The lowest BCUT2D eigenvalue weighted by Gasteiger charge is -2.09. The van der Waals surface area contributed by atoms with Crippen LogP contribution in [-0.4, -0.2) is 34.3 Å². The molecule has 57 heavy (non-hydrogen) atoms. The molecule has 0 radical (unpaired) electrons. The number of benzene rings is 9. The van der Waals surface area contributed by atoms with Gasteiger partial charge >= 0.3 is 14.2 Å². The molecule has 0 amide bonds. The first-order chi connectivity index (χ1) is 27.7.